The number of fused-ring (bicyclic) bond motifs is 2. The number of rotatable bonds is 4. The van der Waals surface area contributed by atoms with Crippen molar-refractivity contribution in [3.05, 3.63) is 58.7 Å². The van der Waals surface area contributed by atoms with E-state index in [0.29, 0.717) is 22.3 Å². The summed E-state index contributed by atoms with van der Waals surface area (Å²) in [4.78, 5) is -0.0936. The summed E-state index contributed by atoms with van der Waals surface area (Å²) in [5, 5.41) is 0. The van der Waals surface area contributed by atoms with Crippen LogP contribution in [0.1, 0.15) is 22.3 Å². The van der Waals surface area contributed by atoms with Crippen LogP contribution in [0, 0.1) is 27.7 Å². The number of aryl methyl sites for hydroxylation is 4. The van der Waals surface area contributed by atoms with Crippen molar-refractivity contribution in [2.45, 2.75) is 61.7 Å². The minimum atomic E-state index is -4.39. The van der Waals surface area contributed by atoms with Gasteiger partial charge in [0.2, 0.25) is 20.0 Å². The Morgan fingerprint density at radius 2 is 0.868 bits per heavy atom. The SMILES string of the molecule is Cc1ccc(C)c(S(=O)(=O)N2[C@@H]3CS(=O)(=O)C[C@@H]3N(S(=O)(=O)c3cc(C)ccc3C)[C@H]3CS(=O)(=O)C[C@@H]32)c1. The second-order valence-electron chi connectivity index (χ2n) is 10.6. The van der Waals surface area contributed by atoms with Crippen LogP contribution in [0.4, 0.5) is 0 Å². The zero-order valence-electron chi connectivity index (χ0n) is 21.4. The van der Waals surface area contributed by atoms with Gasteiger partial charge in [0.15, 0.2) is 19.7 Å². The van der Waals surface area contributed by atoms with E-state index in [-0.39, 0.29) is 9.79 Å². The molecule has 0 spiro atoms. The fourth-order valence-electron chi connectivity index (χ4n) is 6.00. The van der Waals surface area contributed by atoms with Crippen molar-refractivity contribution in [1.29, 1.82) is 0 Å². The number of hydrogen-bond donors (Lipinski definition) is 0. The lowest BCUT2D eigenvalue weighted by Gasteiger charge is -2.49. The Morgan fingerprint density at radius 3 is 1.16 bits per heavy atom. The van der Waals surface area contributed by atoms with E-state index in [1.54, 1.807) is 52.0 Å². The van der Waals surface area contributed by atoms with E-state index in [9.17, 15) is 33.7 Å². The van der Waals surface area contributed by atoms with E-state index >= 15 is 0 Å². The van der Waals surface area contributed by atoms with Crippen LogP contribution in [-0.4, -0.2) is 89.5 Å². The average molecular weight is 603 g/mol. The van der Waals surface area contributed by atoms with Gasteiger partial charge in [0, 0.05) is 0 Å². The normalized spacial score (nSPS) is 29.2. The average Bonchev–Trinajstić information content (AvgIpc) is 3.26. The van der Waals surface area contributed by atoms with Crippen LogP contribution < -0.4 is 0 Å². The van der Waals surface area contributed by atoms with Crippen LogP contribution in [0.25, 0.3) is 0 Å². The lowest BCUT2D eigenvalue weighted by atomic mass is 10.0. The largest absolute Gasteiger partial charge is 0.244 e. The van der Waals surface area contributed by atoms with Crippen LogP contribution in [-0.2, 0) is 39.7 Å². The molecule has 3 fully saturated rings. The number of piperazine rings is 1. The number of hydrogen-bond acceptors (Lipinski definition) is 8. The molecule has 3 aliphatic heterocycles. The molecule has 0 bridgehead atoms. The number of sulfonamides is 2. The minimum absolute atomic E-state index is 0.0468. The zero-order valence-corrected chi connectivity index (χ0v) is 24.7. The third-order valence-electron chi connectivity index (χ3n) is 7.69. The topological polar surface area (TPSA) is 143 Å². The summed E-state index contributed by atoms with van der Waals surface area (Å²) in [6, 6.07) is 4.65. The molecule has 5 rings (SSSR count). The van der Waals surface area contributed by atoms with Gasteiger partial charge in [-0.1, -0.05) is 24.3 Å². The van der Waals surface area contributed by atoms with Crippen molar-refractivity contribution in [1.82, 2.24) is 8.61 Å². The molecule has 3 heterocycles. The molecule has 14 heteroatoms. The van der Waals surface area contributed by atoms with Gasteiger partial charge in [-0.3, -0.25) is 0 Å². The Morgan fingerprint density at radius 1 is 0.579 bits per heavy atom. The van der Waals surface area contributed by atoms with Crippen molar-refractivity contribution < 1.29 is 33.7 Å². The van der Waals surface area contributed by atoms with Crippen LogP contribution in [0.15, 0.2) is 46.2 Å². The summed E-state index contributed by atoms with van der Waals surface area (Å²) in [5.41, 5.74) is 2.18. The van der Waals surface area contributed by atoms with Crippen molar-refractivity contribution in [2.24, 2.45) is 0 Å². The first-order valence-electron chi connectivity index (χ1n) is 12.1. The molecule has 0 aromatic heterocycles. The molecule has 0 saturated carbocycles. The highest BCUT2D eigenvalue weighted by atomic mass is 32.2. The fourth-order valence-corrected chi connectivity index (χ4v) is 14.6. The zero-order chi connectivity index (χ0) is 28.0. The second kappa shape index (κ2) is 8.83. The standard InChI is InChI=1S/C24H30N2O8S4/c1-15-5-7-17(3)23(9-15)37(31,32)25-19-11-35(27,28)13-21(19)26(22-14-36(29,30)12-20(22)25)38(33,34)24-10-16(2)6-8-18(24)4/h5-10,19-22H,11-14H2,1-4H3/t19-,20-,21-,22+/m0/s1. The summed E-state index contributed by atoms with van der Waals surface area (Å²) in [7, 11) is -16.5. The molecule has 0 N–H and O–H groups in total. The quantitative estimate of drug-likeness (QED) is 0.503. The molecular formula is C24H30N2O8S4. The lowest BCUT2D eigenvalue weighted by Crippen LogP contribution is -2.70. The predicted octanol–water partition coefficient (Wildman–Crippen LogP) is 0.947. The molecule has 3 saturated heterocycles. The van der Waals surface area contributed by atoms with Crippen LogP contribution in [0.2, 0.25) is 0 Å². The van der Waals surface area contributed by atoms with Crippen molar-refractivity contribution in [2.75, 3.05) is 23.0 Å². The maximum atomic E-state index is 14.2. The molecule has 2 aromatic rings. The van der Waals surface area contributed by atoms with E-state index in [0.717, 1.165) is 8.61 Å². The van der Waals surface area contributed by atoms with Crippen molar-refractivity contribution >= 4 is 39.7 Å². The van der Waals surface area contributed by atoms with Gasteiger partial charge in [0.1, 0.15) is 0 Å². The molecule has 3 aliphatic rings. The molecule has 0 aliphatic carbocycles. The molecule has 4 atom stereocenters. The fraction of sp³-hybridized carbons (Fsp3) is 0.500. The van der Waals surface area contributed by atoms with Gasteiger partial charge < -0.3 is 0 Å². The third-order valence-corrected chi connectivity index (χ3v) is 15.3. The smallest absolute Gasteiger partial charge is 0.229 e. The predicted molar refractivity (Wildman–Crippen MR) is 142 cm³/mol. The van der Waals surface area contributed by atoms with E-state index in [1.165, 1.54) is 12.1 Å². The van der Waals surface area contributed by atoms with E-state index in [2.05, 4.69) is 0 Å². The third kappa shape index (κ3) is 4.42. The Labute approximate surface area is 224 Å². The van der Waals surface area contributed by atoms with Gasteiger partial charge in [0.05, 0.1) is 57.0 Å². The van der Waals surface area contributed by atoms with Gasteiger partial charge in [0.25, 0.3) is 0 Å². The van der Waals surface area contributed by atoms with Gasteiger partial charge in [-0.25, -0.2) is 33.7 Å². The van der Waals surface area contributed by atoms with E-state index in [4.69, 9.17) is 0 Å². The van der Waals surface area contributed by atoms with Crippen LogP contribution in [0.5, 0.6) is 0 Å². The van der Waals surface area contributed by atoms with Crippen LogP contribution >= 0.6 is 0 Å². The molecule has 38 heavy (non-hydrogen) atoms. The Balaban J connectivity index is 1.75. The summed E-state index contributed by atoms with van der Waals surface area (Å²) in [5.74, 6) is -2.37. The summed E-state index contributed by atoms with van der Waals surface area (Å²) >= 11 is 0. The van der Waals surface area contributed by atoms with E-state index < -0.39 is 86.9 Å². The number of nitrogens with zero attached hydrogens (tertiary/aromatic N) is 2. The minimum Gasteiger partial charge on any atom is -0.229 e. The maximum absolute atomic E-state index is 14.2. The Hall–Kier alpha value is -1.84. The Kier molecular flexibility index (Phi) is 6.44. The van der Waals surface area contributed by atoms with Gasteiger partial charge >= 0.3 is 0 Å². The highest BCUT2D eigenvalue weighted by Gasteiger charge is 2.63. The molecule has 0 unspecified atom stereocenters. The molecule has 208 valence electrons. The first-order valence-corrected chi connectivity index (χ1v) is 18.6. The summed E-state index contributed by atoms with van der Waals surface area (Å²) in [6.45, 7) is 6.66. The van der Waals surface area contributed by atoms with Gasteiger partial charge in [-0.15, -0.1) is 0 Å². The second-order valence-corrected chi connectivity index (χ2v) is 18.6. The maximum Gasteiger partial charge on any atom is 0.244 e. The highest BCUT2D eigenvalue weighted by molar-refractivity contribution is 7.93. The summed E-state index contributed by atoms with van der Waals surface area (Å²) in [6.07, 6.45) is 0. The molecule has 0 radical (unpaired) electrons. The number of sulfone groups is 2. The highest BCUT2D eigenvalue weighted by Crippen LogP contribution is 2.43. The summed E-state index contributed by atoms with van der Waals surface area (Å²) < 4.78 is 110. The molecule has 10 nitrogen and oxygen atoms in total. The monoisotopic (exact) mass is 602 g/mol. The van der Waals surface area contributed by atoms with E-state index in [1.807, 2.05) is 0 Å². The molecular weight excluding hydrogens is 573 g/mol. The van der Waals surface area contributed by atoms with Crippen molar-refractivity contribution in [3.8, 4) is 0 Å². The van der Waals surface area contributed by atoms with Gasteiger partial charge in [-0.05, 0) is 62.1 Å². The first-order chi connectivity index (χ1) is 17.4. The Bertz CT molecular complexity index is 1600. The first kappa shape index (κ1) is 27.7. The van der Waals surface area contributed by atoms with Crippen LogP contribution in [0.3, 0.4) is 0 Å². The molecule has 0 amide bonds. The number of benzene rings is 2. The lowest BCUT2D eigenvalue weighted by molar-refractivity contribution is 0.0841. The molecule has 2 aromatic carbocycles. The van der Waals surface area contributed by atoms with Gasteiger partial charge in [-0.2, -0.15) is 8.61 Å². The van der Waals surface area contributed by atoms with Crippen molar-refractivity contribution in [3.63, 3.8) is 0 Å².